The van der Waals surface area contributed by atoms with Gasteiger partial charge in [0.15, 0.2) is 20.8 Å². The molecule has 9 heteroatoms. The topological polar surface area (TPSA) is 98.0 Å². The first-order chi connectivity index (χ1) is 14.9. The average molecular weight is 528 g/mol. The van der Waals surface area contributed by atoms with Crippen molar-refractivity contribution in [3.63, 3.8) is 0 Å². The molecule has 3 aromatic heterocycles. The van der Waals surface area contributed by atoms with E-state index in [0.29, 0.717) is 34.3 Å². The standard InChI is InChI=1S/C22H21IN6O2/c1-22(2)12-31-21-26-17-18(27-20(23)28-19(17)29(21)22)25-9-7-13-5-6-16(30)15(10-13)14-4-3-8-24-11-14/h3-6,8,10-11,30H,7,9,12H2,1-2H3,(H,25,27,28). The Morgan fingerprint density at radius 3 is 2.90 bits per heavy atom. The minimum atomic E-state index is -0.201. The molecular formula is C22H21IN6O2. The van der Waals surface area contributed by atoms with Gasteiger partial charge in [0.05, 0.1) is 5.54 Å². The van der Waals surface area contributed by atoms with E-state index in [9.17, 15) is 5.11 Å². The second-order valence-electron chi connectivity index (χ2n) is 8.11. The quantitative estimate of drug-likeness (QED) is 0.299. The van der Waals surface area contributed by atoms with Gasteiger partial charge >= 0.3 is 0 Å². The Bertz CT molecular complexity index is 1270. The van der Waals surface area contributed by atoms with E-state index in [1.807, 2.05) is 28.8 Å². The van der Waals surface area contributed by atoms with Crippen molar-refractivity contribution < 1.29 is 9.84 Å². The van der Waals surface area contributed by atoms with Gasteiger partial charge in [0.2, 0.25) is 0 Å². The molecule has 0 saturated heterocycles. The van der Waals surface area contributed by atoms with E-state index in [1.54, 1.807) is 18.5 Å². The van der Waals surface area contributed by atoms with Crippen LogP contribution in [0.4, 0.5) is 5.82 Å². The van der Waals surface area contributed by atoms with Crippen LogP contribution in [0.5, 0.6) is 11.8 Å². The zero-order chi connectivity index (χ0) is 21.6. The number of aromatic hydroxyl groups is 1. The monoisotopic (exact) mass is 528 g/mol. The average Bonchev–Trinajstić information content (AvgIpc) is 3.27. The summed E-state index contributed by atoms with van der Waals surface area (Å²) < 4.78 is 8.45. The zero-order valence-corrected chi connectivity index (χ0v) is 19.3. The first-order valence-electron chi connectivity index (χ1n) is 9.98. The molecule has 1 aliphatic heterocycles. The normalized spacial score (nSPS) is 14.4. The summed E-state index contributed by atoms with van der Waals surface area (Å²) in [5, 5.41) is 13.7. The molecule has 5 rings (SSSR count). The third kappa shape index (κ3) is 3.67. The van der Waals surface area contributed by atoms with Gasteiger partial charge in [0, 0.05) is 52.7 Å². The number of imidazole rings is 1. The molecule has 4 heterocycles. The second kappa shape index (κ2) is 7.63. The number of phenols is 1. The number of ether oxygens (including phenoxy) is 1. The minimum Gasteiger partial charge on any atom is -0.507 e. The molecule has 0 radical (unpaired) electrons. The molecule has 0 fully saturated rings. The van der Waals surface area contributed by atoms with Gasteiger partial charge in [-0.15, -0.1) is 0 Å². The van der Waals surface area contributed by atoms with Gasteiger partial charge < -0.3 is 15.2 Å². The summed E-state index contributed by atoms with van der Waals surface area (Å²) in [6.45, 7) is 5.45. The van der Waals surface area contributed by atoms with Gasteiger partial charge in [0.25, 0.3) is 6.01 Å². The molecule has 0 aliphatic carbocycles. The maximum atomic E-state index is 10.3. The molecule has 4 aromatic rings. The van der Waals surface area contributed by atoms with Crippen LogP contribution in [-0.2, 0) is 12.0 Å². The maximum absolute atomic E-state index is 10.3. The second-order valence-corrected chi connectivity index (χ2v) is 9.08. The Morgan fingerprint density at radius 1 is 1.23 bits per heavy atom. The van der Waals surface area contributed by atoms with E-state index in [2.05, 4.69) is 61.7 Å². The molecule has 0 bridgehead atoms. The SMILES string of the molecule is CC1(C)COc2nc3c(NCCc4ccc(O)c(-c5cccnc5)c4)nc(I)nc3n21. The minimum absolute atomic E-state index is 0.201. The summed E-state index contributed by atoms with van der Waals surface area (Å²) >= 11 is 2.13. The number of rotatable bonds is 5. The van der Waals surface area contributed by atoms with Crippen LogP contribution in [0.25, 0.3) is 22.3 Å². The lowest BCUT2D eigenvalue weighted by Crippen LogP contribution is -2.26. The predicted octanol–water partition coefficient (Wildman–Crippen LogP) is 3.98. The lowest BCUT2D eigenvalue weighted by Gasteiger charge is -2.18. The van der Waals surface area contributed by atoms with E-state index < -0.39 is 0 Å². The molecule has 0 saturated carbocycles. The molecule has 1 aliphatic rings. The van der Waals surface area contributed by atoms with Crippen molar-refractivity contribution in [2.75, 3.05) is 18.5 Å². The van der Waals surface area contributed by atoms with Crippen LogP contribution >= 0.6 is 22.6 Å². The van der Waals surface area contributed by atoms with Crippen LogP contribution in [0.1, 0.15) is 19.4 Å². The van der Waals surface area contributed by atoms with Crippen molar-refractivity contribution in [1.82, 2.24) is 24.5 Å². The Labute approximate surface area is 192 Å². The summed E-state index contributed by atoms with van der Waals surface area (Å²) in [7, 11) is 0. The largest absolute Gasteiger partial charge is 0.507 e. The van der Waals surface area contributed by atoms with Crippen molar-refractivity contribution in [3.8, 4) is 22.9 Å². The lowest BCUT2D eigenvalue weighted by atomic mass is 10.0. The molecule has 0 unspecified atom stereocenters. The first kappa shape index (κ1) is 20.0. The number of halogens is 1. The number of nitrogens with zero attached hydrogens (tertiary/aromatic N) is 5. The fourth-order valence-electron chi connectivity index (χ4n) is 3.80. The lowest BCUT2D eigenvalue weighted by molar-refractivity contribution is 0.268. The van der Waals surface area contributed by atoms with Crippen LogP contribution in [0, 0.1) is 3.83 Å². The third-order valence-electron chi connectivity index (χ3n) is 5.35. The number of fused-ring (bicyclic) bond motifs is 3. The number of nitrogens with one attached hydrogen (secondary N) is 1. The molecule has 8 nitrogen and oxygen atoms in total. The molecular weight excluding hydrogens is 507 g/mol. The highest BCUT2D eigenvalue weighted by Gasteiger charge is 2.35. The zero-order valence-electron chi connectivity index (χ0n) is 17.1. The molecule has 2 N–H and O–H groups in total. The molecule has 158 valence electrons. The van der Waals surface area contributed by atoms with E-state index in [1.165, 1.54) is 0 Å². The van der Waals surface area contributed by atoms with E-state index in [-0.39, 0.29) is 11.3 Å². The molecule has 31 heavy (non-hydrogen) atoms. The van der Waals surface area contributed by atoms with Crippen LogP contribution in [-0.4, -0.2) is 42.8 Å². The fraction of sp³-hybridized carbons (Fsp3) is 0.273. The predicted molar refractivity (Wildman–Crippen MR) is 126 cm³/mol. The Morgan fingerprint density at radius 2 is 2.10 bits per heavy atom. The summed E-state index contributed by atoms with van der Waals surface area (Å²) in [5.74, 6) is 0.939. The Balaban J connectivity index is 1.38. The smallest absolute Gasteiger partial charge is 0.299 e. The highest BCUT2D eigenvalue weighted by Crippen LogP contribution is 2.36. The molecule has 1 aromatic carbocycles. The summed E-state index contributed by atoms with van der Waals surface area (Å²) in [5.41, 5.74) is 4.05. The van der Waals surface area contributed by atoms with E-state index in [4.69, 9.17) is 4.74 Å². The number of pyridine rings is 1. The summed E-state index contributed by atoms with van der Waals surface area (Å²) in [6, 6.07) is 10.0. The maximum Gasteiger partial charge on any atom is 0.299 e. The van der Waals surface area contributed by atoms with Crippen LogP contribution < -0.4 is 10.1 Å². The Hall–Kier alpha value is -2.95. The third-order valence-corrected chi connectivity index (χ3v) is 5.83. The van der Waals surface area contributed by atoms with Crippen molar-refractivity contribution >= 4 is 39.6 Å². The molecule has 0 atom stereocenters. The Kier molecular flexibility index (Phi) is 4.92. The van der Waals surface area contributed by atoms with Gasteiger partial charge in [-0.1, -0.05) is 12.1 Å². The van der Waals surface area contributed by atoms with Crippen LogP contribution in [0.15, 0.2) is 42.7 Å². The van der Waals surface area contributed by atoms with Crippen molar-refractivity contribution in [3.05, 3.63) is 52.1 Å². The number of aromatic nitrogens is 5. The van der Waals surface area contributed by atoms with Gasteiger partial charge in [-0.25, -0.2) is 9.97 Å². The fourth-order valence-corrected chi connectivity index (χ4v) is 4.27. The first-order valence-corrected chi connectivity index (χ1v) is 11.1. The van der Waals surface area contributed by atoms with Gasteiger partial charge in [0.1, 0.15) is 12.4 Å². The van der Waals surface area contributed by atoms with Gasteiger partial charge in [-0.3, -0.25) is 9.55 Å². The number of hydrogen-bond acceptors (Lipinski definition) is 7. The highest BCUT2D eigenvalue weighted by molar-refractivity contribution is 14.1. The van der Waals surface area contributed by atoms with E-state index in [0.717, 1.165) is 28.8 Å². The number of benzene rings is 1. The molecule has 0 spiro atoms. The van der Waals surface area contributed by atoms with Crippen molar-refractivity contribution in [2.24, 2.45) is 0 Å². The summed E-state index contributed by atoms with van der Waals surface area (Å²) in [4.78, 5) is 17.9. The van der Waals surface area contributed by atoms with E-state index >= 15 is 0 Å². The van der Waals surface area contributed by atoms with Crippen LogP contribution in [0.2, 0.25) is 0 Å². The van der Waals surface area contributed by atoms with Gasteiger partial charge in [-0.2, -0.15) is 4.98 Å². The van der Waals surface area contributed by atoms with Crippen molar-refractivity contribution in [1.29, 1.82) is 0 Å². The number of hydrogen-bond donors (Lipinski definition) is 2. The summed E-state index contributed by atoms with van der Waals surface area (Å²) in [6.07, 6.45) is 4.22. The molecule has 0 amide bonds. The highest BCUT2D eigenvalue weighted by atomic mass is 127. The number of anilines is 1. The van der Waals surface area contributed by atoms with Gasteiger partial charge in [-0.05, 0) is 44.0 Å². The van der Waals surface area contributed by atoms with Crippen LogP contribution in [0.3, 0.4) is 0 Å². The van der Waals surface area contributed by atoms with Crippen molar-refractivity contribution in [2.45, 2.75) is 25.8 Å². The number of phenolic OH excluding ortho intramolecular Hbond substituents is 1.